The number of carbonyl (C=O) groups excluding carboxylic acids is 1. The SMILES string of the molecule is COC(=O)Cc1c(OC(F)(F)F)cnc(C(F)(F)F)c1CN. The second kappa shape index (κ2) is 6.38. The molecule has 124 valence electrons. The highest BCUT2D eigenvalue weighted by Crippen LogP contribution is 2.36. The average Bonchev–Trinajstić information content (AvgIpc) is 2.37. The van der Waals surface area contributed by atoms with Gasteiger partial charge >= 0.3 is 18.5 Å². The van der Waals surface area contributed by atoms with Gasteiger partial charge in [0.1, 0.15) is 5.69 Å². The van der Waals surface area contributed by atoms with Crippen molar-refractivity contribution in [1.29, 1.82) is 0 Å². The number of hydrogen-bond acceptors (Lipinski definition) is 5. The summed E-state index contributed by atoms with van der Waals surface area (Å²) in [6.45, 7) is -0.788. The lowest BCUT2D eigenvalue weighted by Gasteiger charge is -2.18. The zero-order chi connectivity index (χ0) is 17.1. The number of esters is 1. The molecule has 0 spiro atoms. The third-order valence-electron chi connectivity index (χ3n) is 2.51. The first-order valence-electron chi connectivity index (χ1n) is 5.60. The molecule has 2 N–H and O–H groups in total. The number of rotatable bonds is 4. The number of ether oxygens (including phenoxy) is 2. The van der Waals surface area contributed by atoms with E-state index in [0.717, 1.165) is 7.11 Å². The van der Waals surface area contributed by atoms with Crippen LogP contribution in [0.25, 0.3) is 0 Å². The fraction of sp³-hybridized carbons (Fsp3) is 0.455. The Kier molecular flexibility index (Phi) is 5.22. The maximum atomic E-state index is 12.8. The van der Waals surface area contributed by atoms with Gasteiger partial charge in [-0.3, -0.25) is 4.79 Å². The maximum absolute atomic E-state index is 12.8. The van der Waals surface area contributed by atoms with Gasteiger partial charge in [-0.05, 0) is 0 Å². The summed E-state index contributed by atoms with van der Waals surface area (Å²) in [6, 6.07) is 0. The molecule has 0 saturated heterocycles. The van der Waals surface area contributed by atoms with Gasteiger partial charge in [0.25, 0.3) is 0 Å². The summed E-state index contributed by atoms with van der Waals surface area (Å²) in [6.07, 6.45) is -10.7. The fourth-order valence-electron chi connectivity index (χ4n) is 1.66. The van der Waals surface area contributed by atoms with E-state index in [9.17, 15) is 31.1 Å². The smallest absolute Gasteiger partial charge is 0.469 e. The molecule has 0 aliphatic carbocycles. The highest BCUT2D eigenvalue weighted by molar-refractivity contribution is 5.74. The van der Waals surface area contributed by atoms with Crippen molar-refractivity contribution < 1.29 is 40.6 Å². The molecule has 0 amide bonds. The van der Waals surface area contributed by atoms with Crippen LogP contribution in [0.1, 0.15) is 16.8 Å². The molecular formula is C11H10F6N2O3. The Morgan fingerprint density at radius 3 is 2.23 bits per heavy atom. The summed E-state index contributed by atoms with van der Waals surface area (Å²) in [4.78, 5) is 14.1. The Morgan fingerprint density at radius 1 is 1.23 bits per heavy atom. The van der Waals surface area contributed by atoms with E-state index >= 15 is 0 Å². The van der Waals surface area contributed by atoms with Crippen LogP contribution in [0, 0.1) is 0 Å². The first-order valence-corrected chi connectivity index (χ1v) is 5.60. The van der Waals surface area contributed by atoms with Gasteiger partial charge in [-0.2, -0.15) is 13.2 Å². The van der Waals surface area contributed by atoms with Gasteiger partial charge in [0.15, 0.2) is 5.75 Å². The van der Waals surface area contributed by atoms with Crippen LogP contribution in [0.5, 0.6) is 5.75 Å². The summed E-state index contributed by atoms with van der Waals surface area (Å²) >= 11 is 0. The van der Waals surface area contributed by atoms with E-state index in [-0.39, 0.29) is 6.20 Å². The van der Waals surface area contributed by atoms with Crippen LogP contribution in [0.2, 0.25) is 0 Å². The van der Waals surface area contributed by atoms with E-state index in [4.69, 9.17) is 5.73 Å². The lowest BCUT2D eigenvalue weighted by molar-refractivity contribution is -0.275. The number of aromatic nitrogens is 1. The molecule has 0 atom stereocenters. The third-order valence-corrected chi connectivity index (χ3v) is 2.51. The van der Waals surface area contributed by atoms with Crippen LogP contribution < -0.4 is 10.5 Å². The molecular weight excluding hydrogens is 322 g/mol. The second-order valence-electron chi connectivity index (χ2n) is 3.93. The summed E-state index contributed by atoms with van der Waals surface area (Å²) in [5, 5.41) is 0. The molecule has 0 aliphatic rings. The second-order valence-corrected chi connectivity index (χ2v) is 3.93. The van der Waals surface area contributed by atoms with E-state index in [1.54, 1.807) is 0 Å². The molecule has 0 radical (unpaired) electrons. The molecule has 0 aliphatic heterocycles. The number of hydrogen-bond donors (Lipinski definition) is 1. The molecule has 11 heteroatoms. The van der Waals surface area contributed by atoms with Gasteiger partial charge in [-0.15, -0.1) is 13.2 Å². The molecule has 22 heavy (non-hydrogen) atoms. The lowest BCUT2D eigenvalue weighted by atomic mass is 10.0. The minimum absolute atomic E-state index is 0.244. The zero-order valence-electron chi connectivity index (χ0n) is 11.0. The normalized spacial score (nSPS) is 12.2. The van der Waals surface area contributed by atoms with E-state index in [1.165, 1.54) is 0 Å². The summed E-state index contributed by atoms with van der Waals surface area (Å²) < 4.78 is 83.1. The summed E-state index contributed by atoms with van der Waals surface area (Å²) in [5.41, 5.74) is 2.25. The van der Waals surface area contributed by atoms with E-state index in [1.807, 2.05) is 0 Å². The Bertz CT molecular complexity index is 556. The number of halogens is 6. The van der Waals surface area contributed by atoms with Crippen LogP contribution in [0.4, 0.5) is 26.3 Å². The monoisotopic (exact) mass is 332 g/mol. The Labute approximate surface area is 120 Å². The number of methoxy groups -OCH3 is 1. The minimum Gasteiger partial charge on any atom is -0.469 e. The van der Waals surface area contributed by atoms with Crippen LogP contribution in [-0.4, -0.2) is 24.4 Å². The Morgan fingerprint density at radius 2 is 1.82 bits per heavy atom. The highest BCUT2D eigenvalue weighted by atomic mass is 19.4. The molecule has 1 aromatic heterocycles. The van der Waals surface area contributed by atoms with Gasteiger partial charge in [-0.25, -0.2) is 4.98 Å². The van der Waals surface area contributed by atoms with Crippen molar-refractivity contribution in [3.63, 3.8) is 0 Å². The van der Waals surface area contributed by atoms with Crippen LogP contribution >= 0.6 is 0 Å². The first-order chi connectivity index (χ1) is 9.99. The molecule has 0 unspecified atom stereocenters. The lowest BCUT2D eigenvalue weighted by Crippen LogP contribution is -2.23. The number of alkyl halides is 6. The Balaban J connectivity index is 3.49. The average molecular weight is 332 g/mol. The standard InChI is InChI=1S/C11H10F6N2O3/c1-21-8(20)2-5-6(3-18)9(10(12,13)14)19-4-7(5)22-11(15,16)17/h4H,2-3,18H2,1H3. The van der Waals surface area contributed by atoms with Crippen LogP contribution in [-0.2, 0) is 28.7 Å². The van der Waals surface area contributed by atoms with Crippen LogP contribution in [0.3, 0.4) is 0 Å². The van der Waals surface area contributed by atoms with Crippen molar-refractivity contribution in [3.05, 3.63) is 23.0 Å². The Hall–Kier alpha value is -2.04. The van der Waals surface area contributed by atoms with Crippen LogP contribution in [0.15, 0.2) is 6.20 Å². The molecule has 1 rings (SSSR count). The van der Waals surface area contributed by atoms with Gasteiger partial charge in [0, 0.05) is 17.7 Å². The van der Waals surface area contributed by atoms with Crippen molar-refractivity contribution in [2.24, 2.45) is 5.73 Å². The van der Waals surface area contributed by atoms with Gasteiger partial charge in [-0.1, -0.05) is 0 Å². The van der Waals surface area contributed by atoms with Gasteiger partial charge in [0.2, 0.25) is 0 Å². The predicted octanol–water partition coefficient (Wildman–Crippen LogP) is 2.17. The maximum Gasteiger partial charge on any atom is 0.573 e. The van der Waals surface area contributed by atoms with E-state index < -0.39 is 54.0 Å². The fourth-order valence-corrected chi connectivity index (χ4v) is 1.66. The van der Waals surface area contributed by atoms with Gasteiger partial charge in [0.05, 0.1) is 19.7 Å². The third kappa shape index (κ3) is 4.48. The van der Waals surface area contributed by atoms with E-state index in [0.29, 0.717) is 0 Å². The van der Waals surface area contributed by atoms with Crippen molar-refractivity contribution in [2.75, 3.05) is 7.11 Å². The number of pyridine rings is 1. The zero-order valence-corrected chi connectivity index (χ0v) is 11.0. The number of carbonyl (C=O) groups is 1. The quantitative estimate of drug-likeness (QED) is 0.676. The molecule has 0 saturated carbocycles. The highest BCUT2D eigenvalue weighted by Gasteiger charge is 2.39. The molecule has 1 aromatic rings. The minimum atomic E-state index is -5.17. The molecule has 0 fully saturated rings. The van der Waals surface area contributed by atoms with Gasteiger partial charge < -0.3 is 15.2 Å². The number of nitrogens with zero attached hydrogens (tertiary/aromatic N) is 1. The van der Waals surface area contributed by atoms with Crippen molar-refractivity contribution in [3.8, 4) is 5.75 Å². The topological polar surface area (TPSA) is 74.4 Å². The largest absolute Gasteiger partial charge is 0.573 e. The summed E-state index contributed by atoms with van der Waals surface area (Å²) in [5.74, 6) is -2.09. The van der Waals surface area contributed by atoms with E-state index in [2.05, 4.69) is 14.5 Å². The van der Waals surface area contributed by atoms with Crippen molar-refractivity contribution in [2.45, 2.75) is 25.5 Å². The first kappa shape index (κ1) is 18.0. The molecule has 1 heterocycles. The number of nitrogens with two attached hydrogens (primary N) is 1. The van der Waals surface area contributed by atoms with Crippen molar-refractivity contribution in [1.82, 2.24) is 4.98 Å². The molecule has 0 bridgehead atoms. The van der Waals surface area contributed by atoms with Crippen molar-refractivity contribution >= 4 is 5.97 Å². The molecule has 5 nitrogen and oxygen atoms in total. The summed E-state index contributed by atoms with van der Waals surface area (Å²) in [7, 11) is 0.931. The molecule has 0 aromatic carbocycles. The predicted molar refractivity (Wildman–Crippen MR) is 59.5 cm³/mol.